The lowest BCUT2D eigenvalue weighted by molar-refractivity contribution is -0.114. The molecule has 0 saturated carbocycles. The lowest BCUT2D eigenvalue weighted by Gasteiger charge is -2.23. The van der Waals surface area contributed by atoms with E-state index >= 15 is 0 Å². The van der Waals surface area contributed by atoms with Crippen LogP contribution in [0.2, 0.25) is 0 Å². The molecule has 6 nitrogen and oxygen atoms in total. The van der Waals surface area contributed by atoms with Gasteiger partial charge in [-0.3, -0.25) is 14.4 Å². The van der Waals surface area contributed by atoms with Crippen LogP contribution in [0.4, 0.5) is 5.69 Å². The Morgan fingerprint density at radius 2 is 1.85 bits per heavy atom. The Bertz CT molecular complexity index is 983. The third kappa shape index (κ3) is 3.00. The van der Waals surface area contributed by atoms with E-state index < -0.39 is 10.0 Å². The van der Waals surface area contributed by atoms with Crippen LogP contribution in [0.3, 0.4) is 0 Å². The van der Waals surface area contributed by atoms with E-state index in [2.05, 4.69) is 4.72 Å². The first-order valence-electron chi connectivity index (χ1n) is 8.31. The molecule has 2 aliphatic rings. The molecule has 1 heterocycles. The minimum absolute atomic E-state index is 0.0830. The van der Waals surface area contributed by atoms with Gasteiger partial charge in [0.25, 0.3) is 15.9 Å². The van der Waals surface area contributed by atoms with E-state index in [0.717, 1.165) is 12.0 Å². The maximum atomic E-state index is 12.9. The predicted octanol–water partition coefficient (Wildman–Crippen LogP) is 2.88. The molecule has 0 aromatic heterocycles. The fraction of sp³-hybridized carbons (Fsp3) is 0.211. The molecule has 1 aliphatic heterocycles. The lowest BCUT2D eigenvalue weighted by atomic mass is 10.1. The van der Waals surface area contributed by atoms with Gasteiger partial charge >= 0.3 is 0 Å². The zero-order chi connectivity index (χ0) is 18.3. The number of para-hydroxylation sites is 1. The molecule has 1 amide bonds. The summed E-state index contributed by atoms with van der Waals surface area (Å²) < 4.78 is 27.8. The fourth-order valence-corrected chi connectivity index (χ4v) is 4.20. The average molecular weight is 370 g/mol. The molecule has 2 aromatic rings. The molecule has 0 unspecified atom stereocenters. The quantitative estimate of drug-likeness (QED) is 0.840. The number of hydrogen-bond donors (Lipinski definition) is 1. The van der Waals surface area contributed by atoms with Crippen LogP contribution < -0.4 is 4.72 Å². The summed E-state index contributed by atoms with van der Waals surface area (Å²) in [5.74, 6) is -0.357. The number of fused-ring (bicyclic) bond motifs is 2. The van der Waals surface area contributed by atoms with Crippen molar-refractivity contribution in [3.63, 3.8) is 0 Å². The Labute approximate surface area is 152 Å². The number of anilines is 1. The number of hydroxylamine groups is 2. The number of rotatable bonds is 4. The molecule has 1 aliphatic carbocycles. The van der Waals surface area contributed by atoms with Crippen LogP contribution in [0.1, 0.15) is 22.3 Å². The van der Waals surface area contributed by atoms with Crippen molar-refractivity contribution >= 4 is 21.6 Å². The number of aryl methyl sites for hydroxylation is 1. The Morgan fingerprint density at radius 3 is 2.50 bits per heavy atom. The molecule has 134 valence electrons. The topological polar surface area (TPSA) is 75.7 Å². The van der Waals surface area contributed by atoms with E-state index in [4.69, 9.17) is 4.84 Å². The van der Waals surface area contributed by atoms with Gasteiger partial charge in [-0.25, -0.2) is 13.5 Å². The number of nitrogens with zero attached hydrogens (tertiary/aromatic N) is 1. The van der Waals surface area contributed by atoms with Gasteiger partial charge in [-0.1, -0.05) is 42.0 Å². The summed E-state index contributed by atoms with van der Waals surface area (Å²) in [7, 11) is -3.80. The van der Waals surface area contributed by atoms with Gasteiger partial charge in [0.15, 0.2) is 0 Å². The van der Waals surface area contributed by atoms with Crippen LogP contribution in [0.25, 0.3) is 0 Å². The van der Waals surface area contributed by atoms with Crippen molar-refractivity contribution in [2.75, 3.05) is 4.72 Å². The summed E-state index contributed by atoms with van der Waals surface area (Å²) in [6, 6.07) is 13.0. The Hall–Kier alpha value is -2.64. The molecule has 2 bridgehead atoms. The van der Waals surface area contributed by atoms with Crippen LogP contribution in [-0.2, 0) is 14.9 Å². The smallest absolute Gasteiger partial charge is 0.279 e. The monoisotopic (exact) mass is 370 g/mol. The molecule has 1 fully saturated rings. The molecule has 2 aromatic carbocycles. The lowest BCUT2D eigenvalue weighted by Crippen LogP contribution is -2.35. The van der Waals surface area contributed by atoms with Gasteiger partial charge in [0.2, 0.25) is 0 Å². The van der Waals surface area contributed by atoms with Crippen molar-refractivity contribution in [3.8, 4) is 0 Å². The zero-order valence-corrected chi connectivity index (χ0v) is 14.9. The van der Waals surface area contributed by atoms with Crippen LogP contribution in [0.5, 0.6) is 0 Å². The van der Waals surface area contributed by atoms with E-state index in [1.165, 1.54) is 17.2 Å². The second kappa shape index (κ2) is 6.26. The largest absolute Gasteiger partial charge is 0.280 e. The summed E-state index contributed by atoms with van der Waals surface area (Å²) in [6.07, 6.45) is 4.52. The highest BCUT2D eigenvalue weighted by Gasteiger charge is 2.39. The molecular weight excluding hydrogens is 352 g/mol. The molecule has 7 heteroatoms. The van der Waals surface area contributed by atoms with E-state index in [0.29, 0.717) is 0 Å². The molecule has 0 spiro atoms. The molecule has 1 saturated heterocycles. The fourth-order valence-electron chi connectivity index (χ4n) is 3.12. The Morgan fingerprint density at radius 1 is 1.12 bits per heavy atom. The van der Waals surface area contributed by atoms with Crippen LogP contribution in [0, 0.1) is 6.92 Å². The van der Waals surface area contributed by atoms with Crippen LogP contribution >= 0.6 is 0 Å². The Balaban J connectivity index is 1.63. The highest BCUT2D eigenvalue weighted by Crippen LogP contribution is 2.32. The van der Waals surface area contributed by atoms with E-state index in [9.17, 15) is 13.2 Å². The molecule has 0 radical (unpaired) electrons. The van der Waals surface area contributed by atoms with Gasteiger partial charge < -0.3 is 0 Å². The van der Waals surface area contributed by atoms with Crippen molar-refractivity contribution in [3.05, 3.63) is 71.8 Å². The van der Waals surface area contributed by atoms with Crippen molar-refractivity contribution in [1.29, 1.82) is 0 Å². The van der Waals surface area contributed by atoms with Gasteiger partial charge in [-0.15, -0.1) is 0 Å². The average Bonchev–Trinajstić information content (AvgIpc) is 3.25. The van der Waals surface area contributed by atoms with Crippen molar-refractivity contribution in [1.82, 2.24) is 5.06 Å². The number of hydrogen-bond acceptors (Lipinski definition) is 4. The molecule has 4 rings (SSSR count). The summed E-state index contributed by atoms with van der Waals surface area (Å²) in [4.78, 5) is 18.6. The highest BCUT2D eigenvalue weighted by molar-refractivity contribution is 7.92. The second-order valence-electron chi connectivity index (χ2n) is 6.43. The first-order valence-corrected chi connectivity index (χ1v) is 9.79. The maximum absolute atomic E-state index is 12.9. The Kier molecular flexibility index (Phi) is 4.05. The first kappa shape index (κ1) is 16.8. The maximum Gasteiger partial charge on any atom is 0.280 e. The summed E-state index contributed by atoms with van der Waals surface area (Å²) in [5.41, 5.74) is 1.45. The third-order valence-electron chi connectivity index (χ3n) is 4.51. The second-order valence-corrected chi connectivity index (χ2v) is 8.11. The van der Waals surface area contributed by atoms with Gasteiger partial charge in [0.05, 0.1) is 22.2 Å². The number of carbonyl (C=O) groups is 1. The van der Waals surface area contributed by atoms with E-state index in [1.54, 1.807) is 36.4 Å². The standard InChI is InChI=1S/C19H18N2O4S/c1-13-6-10-16(11-7-13)26(23,24)20-18-5-3-2-4-17(18)19(22)21-14-8-9-15(12-14)25-21/h2-11,14-15,20H,12H2,1H3/t14-,15+/m1/s1. The van der Waals surface area contributed by atoms with Gasteiger partial charge in [0.1, 0.15) is 6.10 Å². The number of amides is 1. The number of sulfonamides is 1. The number of carbonyl (C=O) groups excluding carboxylic acids is 1. The predicted molar refractivity (Wildman–Crippen MR) is 97.0 cm³/mol. The SMILES string of the molecule is Cc1ccc(S(=O)(=O)Nc2ccccc2C(=O)N2O[C@H]3C=C[C@@H]2C3)cc1. The van der Waals surface area contributed by atoms with Crippen LogP contribution in [-0.4, -0.2) is 31.5 Å². The molecular formula is C19H18N2O4S. The number of nitrogens with one attached hydrogen (secondary N) is 1. The molecule has 2 atom stereocenters. The van der Waals surface area contributed by atoms with E-state index in [-0.39, 0.29) is 34.2 Å². The minimum Gasteiger partial charge on any atom is -0.279 e. The van der Waals surface area contributed by atoms with Gasteiger partial charge in [-0.2, -0.15) is 0 Å². The zero-order valence-electron chi connectivity index (χ0n) is 14.1. The first-order chi connectivity index (χ1) is 12.4. The highest BCUT2D eigenvalue weighted by atomic mass is 32.2. The molecule has 26 heavy (non-hydrogen) atoms. The normalized spacial score (nSPS) is 21.2. The third-order valence-corrected chi connectivity index (χ3v) is 5.89. The minimum atomic E-state index is -3.80. The summed E-state index contributed by atoms with van der Waals surface area (Å²) in [6.45, 7) is 1.88. The molecule has 1 N–H and O–H groups in total. The summed E-state index contributed by atoms with van der Waals surface area (Å²) in [5, 5.41) is 1.32. The van der Waals surface area contributed by atoms with Crippen molar-refractivity contribution in [2.24, 2.45) is 0 Å². The van der Waals surface area contributed by atoms with Gasteiger partial charge in [-0.05, 0) is 31.2 Å². The van der Waals surface area contributed by atoms with Crippen molar-refractivity contribution in [2.45, 2.75) is 30.4 Å². The summed E-state index contributed by atoms with van der Waals surface area (Å²) >= 11 is 0. The van der Waals surface area contributed by atoms with Gasteiger partial charge in [0, 0.05) is 6.42 Å². The number of benzene rings is 2. The van der Waals surface area contributed by atoms with Crippen molar-refractivity contribution < 1.29 is 18.0 Å². The van der Waals surface area contributed by atoms with E-state index in [1.807, 2.05) is 19.1 Å². The van der Waals surface area contributed by atoms with Crippen LogP contribution in [0.15, 0.2) is 65.6 Å².